The zero-order chi connectivity index (χ0) is 16.9. The summed E-state index contributed by atoms with van der Waals surface area (Å²) >= 11 is 1.70. The maximum Gasteiger partial charge on any atom is 0.226 e. The van der Waals surface area contributed by atoms with E-state index in [1.807, 2.05) is 0 Å². The lowest BCUT2D eigenvalue weighted by Gasteiger charge is -2.36. The molecule has 1 aromatic heterocycles. The number of hydrogen-bond donors (Lipinski definition) is 0. The molecule has 3 rings (SSSR count). The van der Waals surface area contributed by atoms with Crippen LogP contribution in [-0.2, 0) is 16.1 Å². The Hall–Kier alpha value is -0.910. The highest BCUT2D eigenvalue weighted by atomic mass is 32.1. The van der Waals surface area contributed by atoms with Crippen LogP contribution in [0, 0.1) is 5.92 Å². The summed E-state index contributed by atoms with van der Waals surface area (Å²) in [6, 6.07) is 2.71. The molecule has 0 bridgehead atoms. The van der Waals surface area contributed by atoms with E-state index in [-0.39, 0.29) is 12.0 Å². The molecular formula is C19H30N2O2S. The fourth-order valence-electron chi connectivity index (χ4n) is 3.79. The van der Waals surface area contributed by atoms with E-state index >= 15 is 0 Å². The molecule has 1 amide bonds. The Labute approximate surface area is 149 Å². The summed E-state index contributed by atoms with van der Waals surface area (Å²) in [4.78, 5) is 17.7. The maximum absolute atomic E-state index is 13.1. The molecule has 2 aliphatic heterocycles. The highest BCUT2D eigenvalue weighted by molar-refractivity contribution is 7.07. The minimum Gasteiger partial charge on any atom is -0.376 e. The van der Waals surface area contributed by atoms with Crippen LogP contribution in [0.25, 0.3) is 0 Å². The number of ether oxygens (including phenoxy) is 1. The van der Waals surface area contributed by atoms with Gasteiger partial charge in [-0.3, -0.25) is 4.79 Å². The normalized spacial score (nSPS) is 23.0. The van der Waals surface area contributed by atoms with Crippen molar-refractivity contribution in [3.8, 4) is 0 Å². The standard InChI is InChI=1S/C19H30N2O2S/c1-15(2)20-8-5-17(6-9-20)19(22)21(12-16-7-11-24-14-16)13-18-4-3-10-23-18/h7,11,14-15,17-18H,3-6,8-10,12-13H2,1-2H3/t18-/m1/s1. The fourth-order valence-corrected chi connectivity index (χ4v) is 4.45. The Morgan fingerprint density at radius 1 is 1.38 bits per heavy atom. The minimum atomic E-state index is 0.181. The lowest BCUT2D eigenvalue weighted by molar-refractivity contribution is -0.139. The lowest BCUT2D eigenvalue weighted by atomic mass is 9.94. The number of nitrogens with zero attached hydrogens (tertiary/aromatic N) is 2. The monoisotopic (exact) mass is 350 g/mol. The van der Waals surface area contributed by atoms with Gasteiger partial charge in [0.15, 0.2) is 0 Å². The zero-order valence-electron chi connectivity index (χ0n) is 14.9. The van der Waals surface area contributed by atoms with Crippen LogP contribution in [0.3, 0.4) is 0 Å². The Morgan fingerprint density at radius 2 is 2.17 bits per heavy atom. The first-order valence-electron chi connectivity index (χ1n) is 9.29. The van der Waals surface area contributed by atoms with Gasteiger partial charge in [-0.25, -0.2) is 0 Å². The summed E-state index contributed by atoms with van der Waals surface area (Å²) in [5, 5.41) is 4.24. The molecule has 3 heterocycles. The van der Waals surface area contributed by atoms with Gasteiger partial charge in [0.2, 0.25) is 5.91 Å². The van der Waals surface area contributed by atoms with E-state index in [4.69, 9.17) is 4.74 Å². The molecular weight excluding hydrogens is 320 g/mol. The summed E-state index contributed by atoms with van der Waals surface area (Å²) in [6.07, 6.45) is 4.41. The van der Waals surface area contributed by atoms with Crippen molar-refractivity contribution in [3.63, 3.8) is 0 Å². The van der Waals surface area contributed by atoms with Crippen LogP contribution in [0.4, 0.5) is 0 Å². The van der Waals surface area contributed by atoms with Gasteiger partial charge in [0.25, 0.3) is 0 Å². The van der Waals surface area contributed by atoms with Crippen molar-refractivity contribution < 1.29 is 9.53 Å². The lowest BCUT2D eigenvalue weighted by Crippen LogP contribution is -2.46. The molecule has 0 N–H and O–H groups in total. The van der Waals surface area contributed by atoms with Gasteiger partial charge in [-0.05, 0) is 75.0 Å². The largest absolute Gasteiger partial charge is 0.376 e. The molecule has 24 heavy (non-hydrogen) atoms. The third kappa shape index (κ3) is 4.58. The molecule has 0 saturated carbocycles. The van der Waals surface area contributed by atoms with Gasteiger partial charge in [0.1, 0.15) is 0 Å². The van der Waals surface area contributed by atoms with Crippen molar-refractivity contribution in [1.82, 2.24) is 9.80 Å². The van der Waals surface area contributed by atoms with Crippen molar-refractivity contribution in [2.45, 2.75) is 58.2 Å². The molecule has 0 spiro atoms. The van der Waals surface area contributed by atoms with Gasteiger partial charge in [0, 0.05) is 31.7 Å². The van der Waals surface area contributed by atoms with Crippen LogP contribution in [0.5, 0.6) is 0 Å². The van der Waals surface area contributed by atoms with Crippen molar-refractivity contribution in [2.24, 2.45) is 5.92 Å². The molecule has 2 saturated heterocycles. The van der Waals surface area contributed by atoms with Crippen molar-refractivity contribution in [1.29, 1.82) is 0 Å². The summed E-state index contributed by atoms with van der Waals surface area (Å²) in [6.45, 7) is 8.88. The Morgan fingerprint density at radius 3 is 2.75 bits per heavy atom. The Kier molecular flexibility index (Phi) is 6.31. The van der Waals surface area contributed by atoms with Crippen LogP contribution in [-0.4, -0.2) is 54.1 Å². The van der Waals surface area contributed by atoms with E-state index in [2.05, 4.69) is 40.5 Å². The topological polar surface area (TPSA) is 32.8 Å². The Bertz CT molecular complexity index is 503. The van der Waals surface area contributed by atoms with E-state index in [0.29, 0.717) is 11.9 Å². The fraction of sp³-hybridized carbons (Fsp3) is 0.737. The second-order valence-corrected chi connectivity index (χ2v) is 8.17. The van der Waals surface area contributed by atoms with Crippen LogP contribution < -0.4 is 0 Å². The number of rotatable bonds is 6. The highest BCUT2D eigenvalue weighted by Gasteiger charge is 2.31. The molecule has 1 atom stereocenters. The number of amides is 1. The van der Waals surface area contributed by atoms with Crippen LogP contribution in [0.1, 0.15) is 45.1 Å². The summed E-state index contributed by atoms with van der Waals surface area (Å²) < 4.78 is 5.79. The molecule has 0 radical (unpaired) electrons. The van der Waals surface area contributed by atoms with Gasteiger partial charge in [-0.1, -0.05) is 0 Å². The average Bonchev–Trinajstić information content (AvgIpc) is 3.27. The SMILES string of the molecule is CC(C)N1CCC(C(=O)N(Cc2ccsc2)C[C@H]2CCCO2)CC1. The number of carbonyl (C=O) groups is 1. The summed E-state index contributed by atoms with van der Waals surface area (Å²) in [5.74, 6) is 0.514. The van der Waals surface area contributed by atoms with E-state index in [1.165, 1.54) is 5.56 Å². The average molecular weight is 351 g/mol. The van der Waals surface area contributed by atoms with Gasteiger partial charge in [-0.2, -0.15) is 11.3 Å². The van der Waals surface area contributed by atoms with Gasteiger partial charge < -0.3 is 14.5 Å². The Balaban J connectivity index is 1.61. The highest BCUT2D eigenvalue weighted by Crippen LogP contribution is 2.24. The summed E-state index contributed by atoms with van der Waals surface area (Å²) in [5.41, 5.74) is 1.24. The second-order valence-electron chi connectivity index (χ2n) is 7.39. The molecule has 1 aromatic rings. The molecule has 2 aliphatic rings. The molecule has 4 nitrogen and oxygen atoms in total. The van der Waals surface area contributed by atoms with E-state index in [9.17, 15) is 4.79 Å². The first-order valence-corrected chi connectivity index (χ1v) is 10.2. The first kappa shape index (κ1) is 17.9. The number of hydrogen-bond acceptors (Lipinski definition) is 4. The van der Waals surface area contributed by atoms with Crippen molar-refractivity contribution >= 4 is 17.2 Å². The number of carbonyl (C=O) groups excluding carboxylic acids is 1. The van der Waals surface area contributed by atoms with Crippen molar-refractivity contribution in [2.75, 3.05) is 26.2 Å². The molecule has 0 aromatic carbocycles. The minimum absolute atomic E-state index is 0.181. The smallest absolute Gasteiger partial charge is 0.226 e. The molecule has 134 valence electrons. The summed E-state index contributed by atoms with van der Waals surface area (Å²) in [7, 11) is 0. The molecule has 5 heteroatoms. The maximum atomic E-state index is 13.1. The van der Waals surface area contributed by atoms with Crippen LogP contribution >= 0.6 is 11.3 Å². The van der Waals surface area contributed by atoms with Crippen molar-refractivity contribution in [3.05, 3.63) is 22.4 Å². The number of piperidine rings is 1. The number of thiophene rings is 1. The third-order valence-electron chi connectivity index (χ3n) is 5.32. The third-order valence-corrected chi connectivity index (χ3v) is 6.05. The zero-order valence-corrected chi connectivity index (χ0v) is 15.8. The first-order chi connectivity index (χ1) is 11.6. The van der Waals surface area contributed by atoms with Gasteiger partial charge >= 0.3 is 0 Å². The van der Waals surface area contributed by atoms with Crippen LogP contribution in [0.15, 0.2) is 16.8 Å². The van der Waals surface area contributed by atoms with E-state index < -0.39 is 0 Å². The predicted molar refractivity (Wildman–Crippen MR) is 98.1 cm³/mol. The van der Waals surface area contributed by atoms with E-state index in [1.54, 1.807) is 11.3 Å². The van der Waals surface area contributed by atoms with Gasteiger partial charge in [-0.15, -0.1) is 0 Å². The molecule has 0 unspecified atom stereocenters. The predicted octanol–water partition coefficient (Wildman–Crippen LogP) is 3.38. The van der Waals surface area contributed by atoms with E-state index in [0.717, 1.165) is 58.5 Å². The molecule has 2 fully saturated rings. The second kappa shape index (κ2) is 8.45. The quantitative estimate of drug-likeness (QED) is 0.788. The molecule has 0 aliphatic carbocycles. The van der Waals surface area contributed by atoms with Gasteiger partial charge in [0.05, 0.1) is 6.10 Å². The number of likely N-dealkylation sites (tertiary alicyclic amines) is 1. The van der Waals surface area contributed by atoms with Crippen LogP contribution in [0.2, 0.25) is 0 Å².